The third kappa shape index (κ3) is 5.97. The summed E-state index contributed by atoms with van der Waals surface area (Å²) in [6.07, 6.45) is 4.16. The van der Waals surface area contributed by atoms with E-state index in [1.807, 2.05) is 0 Å². The van der Waals surface area contributed by atoms with E-state index in [1.165, 1.54) is 25.5 Å². The second kappa shape index (κ2) is 11.3. The molecule has 3 rings (SSSR count). The largest absolute Gasteiger partial charge is 0.469 e. The third-order valence-electron chi connectivity index (χ3n) is 6.52. The number of carbonyl (C=O) groups is 1. The molecule has 2 saturated heterocycles. The lowest BCUT2D eigenvalue weighted by atomic mass is 9.96. The SMILES string of the molecule is CCNC(=NCC(c1ccccc1)N1CCC(C)CC1)N1CCC(C(=O)OC)CC1. The zero-order chi connectivity index (χ0) is 21.3. The molecule has 30 heavy (non-hydrogen) atoms. The summed E-state index contributed by atoms with van der Waals surface area (Å²) in [5.74, 6) is 1.71. The van der Waals surface area contributed by atoms with Crippen LogP contribution >= 0.6 is 0 Å². The molecular formula is C24H38N4O2. The van der Waals surface area contributed by atoms with Gasteiger partial charge in [0.15, 0.2) is 5.96 Å². The first-order valence-electron chi connectivity index (χ1n) is 11.5. The van der Waals surface area contributed by atoms with Gasteiger partial charge in [-0.1, -0.05) is 37.3 Å². The van der Waals surface area contributed by atoms with Crippen LogP contribution in [-0.2, 0) is 9.53 Å². The predicted octanol–water partition coefficient (Wildman–Crippen LogP) is 3.31. The quantitative estimate of drug-likeness (QED) is 0.440. The van der Waals surface area contributed by atoms with Crippen molar-refractivity contribution in [2.45, 2.75) is 45.6 Å². The summed E-state index contributed by atoms with van der Waals surface area (Å²) in [6, 6.07) is 11.1. The second-order valence-electron chi connectivity index (χ2n) is 8.62. The summed E-state index contributed by atoms with van der Waals surface area (Å²) in [6.45, 7) is 10.00. The Morgan fingerprint density at radius 1 is 1.13 bits per heavy atom. The van der Waals surface area contributed by atoms with E-state index >= 15 is 0 Å². The fraction of sp³-hybridized carbons (Fsp3) is 0.667. The van der Waals surface area contributed by atoms with Crippen LogP contribution < -0.4 is 5.32 Å². The number of guanidine groups is 1. The van der Waals surface area contributed by atoms with Crippen LogP contribution in [-0.4, -0.2) is 68.1 Å². The number of esters is 1. The van der Waals surface area contributed by atoms with Crippen LogP contribution in [0.15, 0.2) is 35.3 Å². The Morgan fingerprint density at radius 3 is 2.40 bits per heavy atom. The Hall–Kier alpha value is -2.08. The molecule has 0 spiro atoms. The average Bonchev–Trinajstić information content (AvgIpc) is 2.80. The van der Waals surface area contributed by atoms with Crippen molar-refractivity contribution in [3.8, 4) is 0 Å². The van der Waals surface area contributed by atoms with E-state index in [2.05, 4.69) is 59.3 Å². The van der Waals surface area contributed by atoms with Gasteiger partial charge in [0.25, 0.3) is 0 Å². The van der Waals surface area contributed by atoms with Crippen LogP contribution in [0.3, 0.4) is 0 Å². The maximum Gasteiger partial charge on any atom is 0.308 e. The zero-order valence-corrected chi connectivity index (χ0v) is 18.8. The molecule has 0 bridgehead atoms. The number of methoxy groups -OCH3 is 1. The highest BCUT2D eigenvalue weighted by atomic mass is 16.5. The van der Waals surface area contributed by atoms with E-state index in [9.17, 15) is 4.79 Å². The second-order valence-corrected chi connectivity index (χ2v) is 8.62. The van der Waals surface area contributed by atoms with Crippen molar-refractivity contribution in [3.05, 3.63) is 35.9 Å². The van der Waals surface area contributed by atoms with Crippen molar-refractivity contribution in [2.75, 3.05) is 46.4 Å². The molecule has 2 aliphatic rings. The van der Waals surface area contributed by atoms with Gasteiger partial charge in [-0.2, -0.15) is 0 Å². The Bertz CT molecular complexity index is 678. The van der Waals surface area contributed by atoms with Gasteiger partial charge in [-0.25, -0.2) is 0 Å². The Labute approximate surface area is 181 Å². The molecule has 2 fully saturated rings. The summed E-state index contributed by atoms with van der Waals surface area (Å²) >= 11 is 0. The molecule has 1 aromatic carbocycles. The number of carbonyl (C=O) groups excluding carboxylic acids is 1. The Morgan fingerprint density at radius 2 is 1.80 bits per heavy atom. The minimum absolute atomic E-state index is 0.0153. The van der Waals surface area contributed by atoms with Crippen LogP contribution in [0.2, 0.25) is 0 Å². The van der Waals surface area contributed by atoms with Crippen LogP contribution in [0.5, 0.6) is 0 Å². The lowest BCUT2D eigenvalue weighted by Crippen LogP contribution is -2.47. The minimum Gasteiger partial charge on any atom is -0.469 e. The maximum atomic E-state index is 11.8. The fourth-order valence-electron chi connectivity index (χ4n) is 4.54. The number of rotatable bonds is 6. The topological polar surface area (TPSA) is 57.2 Å². The molecule has 2 heterocycles. The van der Waals surface area contributed by atoms with Crippen molar-refractivity contribution in [2.24, 2.45) is 16.8 Å². The number of piperidine rings is 2. The molecule has 1 aromatic rings. The number of likely N-dealkylation sites (tertiary alicyclic amines) is 2. The van der Waals surface area contributed by atoms with Crippen LogP contribution in [0.4, 0.5) is 0 Å². The van der Waals surface area contributed by atoms with Crippen molar-refractivity contribution in [3.63, 3.8) is 0 Å². The average molecular weight is 415 g/mol. The van der Waals surface area contributed by atoms with E-state index in [0.717, 1.165) is 64.0 Å². The van der Waals surface area contributed by atoms with E-state index in [0.29, 0.717) is 6.04 Å². The van der Waals surface area contributed by atoms with Gasteiger partial charge in [0.1, 0.15) is 0 Å². The molecule has 1 unspecified atom stereocenters. The van der Waals surface area contributed by atoms with E-state index < -0.39 is 0 Å². The maximum absolute atomic E-state index is 11.8. The van der Waals surface area contributed by atoms with Gasteiger partial charge in [-0.15, -0.1) is 0 Å². The van der Waals surface area contributed by atoms with Gasteiger partial charge in [0, 0.05) is 19.6 Å². The molecule has 6 heteroatoms. The number of nitrogens with zero attached hydrogens (tertiary/aromatic N) is 3. The van der Waals surface area contributed by atoms with Gasteiger partial charge in [-0.3, -0.25) is 14.7 Å². The lowest BCUT2D eigenvalue weighted by Gasteiger charge is -2.37. The van der Waals surface area contributed by atoms with E-state index in [1.54, 1.807) is 0 Å². The molecule has 0 radical (unpaired) electrons. The van der Waals surface area contributed by atoms with Gasteiger partial charge in [0.05, 0.1) is 25.6 Å². The van der Waals surface area contributed by atoms with Gasteiger partial charge in [0.2, 0.25) is 0 Å². The highest BCUT2D eigenvalue weighted by Crippen LogP contribution is 2.27. The van der Waals surface area contributed by atoms with Gasteiger partial charge >= 0.3 is 5.97 Å². The first kappa shape index (κ1) is 22.6. The standard InChI is InChI=1S/C24H38N4O2/c1-4-25-24(28-16-12-21(13-17-28)23(29)30-3)26-18-22(20-8-6-5-7-9-20)27-14-10-19(2)11-15-27/h5-9,19,21-22H,4,10-18H2,1-3H3,(H,25,26). The predicted molar refractivity (Wildman–Crippen MR) is 121 cm³/mol. The fourth-order valence-corrected chi connectivity index (χ4v) is 4.54. The lowest BCUT2D eigenvalue weighted by molar-refractivity contribution is -0.146. The zero-order valence-electron chi connectivity index (χ0n) is 18.8. The summed E-state index contributed by atoms with van der Waals surface area (Å²) in [4.78, 5) is 21.8. The van der Waals surface area contributed by atoms with Crippen molar-refractivity contribution in [1.82, 2.24) is 15.1 Å². The molecule has 0 aliphatic carbocycles. The number of hydrogen-bond donors (Lipinski definition) is 1. The van der Waals surface area contributed by atoms with E-state index in [4.69, 9.17) is 9.73 Å². The summed E-state index contributed by atoms with van der Waals surface area (Å²) in [7, 11) is 1.48. The molecule has 1 N–H and O–H groups in total. The number of aliphatic imine (C=N–C) groups is 1. The summed E-state index contributed by atoms with van der Waals surface area (Å²) in [5, 5.41) is 3.47. The van der Waals surface area contributed by atoms with Gasteiger partial charge in [-0.05, 0) is 57.2 Å². The molecule has 0 amide bonds. The van der Waals surface area contributed by atoms with Crippen molar-refractivity contribution < 1.29 is 9.53 Å². The van der Waals surface area contributed by atoms with E-state index in [-0.39, 0.29) is 11.9 Å². The molecule has 2 aliphatic heterocycles. The smallest absolute Gasteiger partial charge is 0.308 e. The first-order chi connectivity index (χ1) is 14.6. The van der Waals surface area contributed by atoms with Crippen LogP contribution in [0, 0.1) is 11.8 Å². The van der Waals surface area contributed by atoms with Gasteiger partial charge < -0.3 is 15.0 Å². The number of benzene rings is 1. The number of hydrogen-bond acceptors (Lipinski definition) is 4. The summed E-state index contributed by atoms with van der Waals surface area (Å²) in [5.41, 5.74) is 1.34. The van der Waals surface area contributed by atoms with Crippen LogP contribution in [0.25, 0.3) is 0 Å². The van der Waals surface area contributed by atoms with Crippen LogP contribution in [0.1, 0.15) is 51.1 Å². The molecule has 0 aromatic heterocycles. The first-order valence-corrected chi connectivity index (χ1v) is 11.5. The third-order valence-corrected chi connectivity index (χ3v) is 6.52. The van der Waals surface area contributed by atoms with Crippen molar-refractivity contribution >= 4 is 11.9 Å². The monoisotopic (exact) mass is 414 g/mol. The molecular weight excluding hydrogens is 376 g/mol. The Kier molecular flexibility index (Phi) is 8.55. The highest BCUT2D eigenvalue weighted by molar-refractivity contribution is 5.80. The highest BCUT2D eigenvalue weighted by Gasteiger charge is 2.28. The molecule has 0 saturated carbocycles. The minimum atomic E-state index is -0.0833. The van der Waals surface area contributed by atoms with Crippen molar-refractivity contribution in [1.29, 1.82) is 0 Å². The molecule has 1 atom stereocenters. The Balaban J connectivity index is 1.70. The molecule has 6 nitrogen and oxygen atoms in total. The molecule has 166 valence electrons. The number of ether oxygens (including phenoxy) is 1. The summed E-state index contributed by atoms with van der Waals surface area (Å²) < 4.78 is 4.93. The normalized spacial score (nSPS) is 20.8. The number of nitrogens with one attached hydrogen (secondary N) is 1.